The summed E-state index contributed by atoms with van der Waals surface area (Å²) in [6.45, 7) is 3.17. The molecule has 1 aromatic carbocycles. The lowest BCUT2D eigenvalue weighted by molar-refractivity contribution is 0.277. The van der Waals surface area contributed by atoms with Crippen LogP contribution in [0.15, 0.2) is 24.3 Å². The average Bonchev–Trinajstić information content (AvgIpc) is 2.47. The van der Waals surface area contributed by atoms with Gasteiger partial charge in [0.05, 0.1) is 11.6 Å². The van der Waals surface area contributed by atoms with Crippen LogP contribution in [0.2, 0.25) is 0 Å². The highest BCUT2D eigenvalue weighted by Crippen LogP contribution is 2.27. The van der Waals surface area contributed by atoms with Crippen LogP contribution in [0, 0.1) is 17.2 Å². The number of hydrogen-bond donors (Lipinski definition) is 1. The Labute approximate surface area is 116 Å². The van der Waals surface area contributed by atoms with Gasteiger partial charge in [0, 0.05) is 12.6 Å². The van der Waals surface area contributed by atoms with Gasteiger partial charge in [-0.05, 0) is 49.3 Å². The Bertz CT molecular complexity index is 425. The van der Waals surface area contributed by atoms with Crippen molar-refractivity contribution in [2.75, 3.05) is 0 Å². The molecule has 19 heavy (non-hydrogen) atoms. The Morgan fingerprint density at radius 1 is 1.26 bits per heavy atom. The molecule has 2 rings (SSSR count). The fraction of sp³-hybridized carbons (Fsp3) is 0.588. The number of nitrogens with zero attached hydrogens (tertiary/aromatic N) is 1. The van der Waals surface area contributed by atoms with Gasteiger partial charge in [-0.15, -0.1) is 0 Å². The van der Waals surface area contributed by atoms with E-state index in [-0.39, 0.29) is 0 Å². The molecule has 0 aliphatic heterocycles. The largest absolute Gasteiger partial charge is 0.310 e. The molecule has 1 N–H and O–H groups in total. The number of hydrogen-bond acceptors (Lipinski definition) is 2. The zero-order valence-corrected chi connectivity index (χ0v) is 11.9. The van der Waals surface area contributed by atoms with Crippen LogP contribution in [-0.4, -0.2) is 6.04 Å². The molecule has 1 fully saturated rings. The van der Waals surface area contributed by atoms with Gasteiger partial charge in [0.1, 0.15) is 0 Å². The molecule has 0 atom stereocenters. The van der Waals surface area contributed by atoms with Crippen molar-refractivity contribution < 1.29 is 0 Å². The zero-order chi connectivity index (χ0) is 13.5. The molecule has 2 heteroatoms. The minimum absolute atomic E-state index is 0.666. The first-order chi connectivity index (χ1) is 9.31. The van der Waals surface area contributed by atoms with Crippen molar-refractivity contribution in [3.63, 3.8) is 0 Å². The quantitative estimate of drug-likeness (QED) is 0.864. The van der Waals surface area contributed by atoms with Gasteiger partial charge in [-0.25, -0.2) is 0 Å². The van der Waals surface area contributed by atoms with Crippen LogP contribution < -0.4 is 5.32 Å². The maximum atomic E-state index is 8.89. The standard InChI is InChI=1S/C17H24N2/c1-2-4-14-7-9-17(10-8-14)19-13-16-6-3-5-15(11-16)12-18/h3,5-6,11,14,17,19H,2,4,7-10,13H2,1H3. The summed E-state index contributed by atoms with van der Waals surface area (Å²) in [5, 5.41) is 12.5. The van der Waals surface area contributed by atoms with E-state index in [9.17, 15) is 0 Å². The van der Waals surface area contributed by atoms with Crippen LogP contribution in [0.25, 0.3) is 0 Å². The summed E-state index contributed by atoms with van der Waals surface area (Å²) < 4.78 is 0. The molecule has 0 heterocycles. The van der Waals surface area contributed by atoms with Crippen molar-refractivity contribution in [1.29, 1.82) is 5.26 Å². The summed E-state index contributed by atoms with van der Waals surface area (Å²) in [4.78, 5) is 0. The Morgan fingerprint density at radius 3 is 2.74 bits per heavy atom. The van der Waals surface area contributed by atoms with Crippen molar-refractivity contribution in [2.45, 2.75) is 58.0 Å². The predicted molar refractivity (Wildman–Crippen MR) is 78.7 cm³/mol. The molecule has 0 radical (unpaired) electrons. The maximum absolute atomic E-state index is 8.89. The molecule has 1 aliphatic rings. The Balaban J connectivity index is 1.76. The Kier molecular flexibility index (Phi) is 5.42. The lowest BCUT2D eigenvalue weighted by Gasteiger charge is -2.29. The van der Waals surface area contributed by atoms with Gasteiger partial charge in [-0.2, -0.15) is 5.26 Å². The van der Waals surface area contributed by atoms with E-state index in [1.165, 1.54) is 44.1 Å². The Morgan fingerprint density at radius 2 is 2.05 bits per heavy atom. The molecule has 0 aromatic heterocycles. The number of nitriles is 1. The highest BCUT2D eigenvalue weighted by atomic mass is 14.9. The van der Waals surface area contributed by atoms with Crippen LogP contribution in [0.4, 0.5) is 0 Å². The van der Waals surface area contributed by atoms with E-state index in [1.54, 1.807) is 0 Å². The molecule has 1 saturated carbocycles. The Hall–Kier alpha value is -1.33. The third kappa shape index (κ3) is 4.36. The smallest absolute Gasteiger partial charge is 0.0991 e. The third-order valence-electron chi connectivity index (χ3n) is 4.19. The summed E-state index contributed by atoms with van der Waals surface area (Å²) in [6.07, 6.45) is 8.10. The normalized spacial score (nSPS) is 22.9. The summed E-state index contributed by atoms with van der Waals surface area (Å²) in [7, 11) is 0. The minimum Gasteiger partial charge on any atom is -0.310 e. The molecular weight excluding hydrogens is 232 g/mol. The van der Waals surface area contributed by atoms with Crippen molar-refractivity contribution in [1.82, 2.24) is 5.32 Å². The maximum Gasteiger partial charge on any atom is 0.0991 e. The molecule has 0 unspecified atom stereocenters. The van der Waals surface area contributed by atoms with Gasteiger partial charge < -0.3 is 5.32 Å². The third-order valence-corrected chi connectivity index (χ3v) is 4.19. The molecule has 0 saturated heterocycles. The molecule has 0 bridgehead atoms. The monoisotopic (exact) mass is 256 g/mol. The van der Waals surface area contributed by atoms with E-state index in [4.69, 9.17) is 5.26 Å². The van der Waals surface area contributed by atoms with Crippen molar-refractivity contribution in [3.8, 4) is 6.07 Å². The molecule has 2 nitrogen and oxygen atoms in total. The van der Waals surface area contributed by atoms with Crippen LogP contribution in [0.1, 0.15) is 56.6 Å². The van der Waals surface area contributed by atoms with Gasteiger partial charge in [0.25, 0.3) is 0 Å². The summed E-state index contributed by atoms with van der Waals surface area (Å²) in [6, 6.07) is 10.8. The highest BCUT2D eigenvalue weighted by molar-refractivity contribution is 5.32. The fourth-order valence-corrected chi connectivity index (χ4v) is 3.08. The second kappa shape index (κ2) is 7.31. The van der Waals surface area contributed by atoms with E-state index in [2.05, 4.69) is 24.4 Å². The van der Waals surface area contributed by atoms with Crippen LogP contribution in [0.5, 0.6) is 0 Å². The topological polar surface area (TPSA) is 35.8 Å². The van der Waals surface area contributed by atoms with Crippen LogP contribution in [0.3, 0.4) is 0 Å². The van der Waals surface area contributed by atoms with Crippen LogP contribution >= 0.6 is 0 Å². The average molecular weight is 256 g/mol. The van der Waals surface area contributed by atoms with Gasteiger partial charge in [-0.1, -0.05) is 31.9 Å². The van der Waals surface area contributed by atoms with Crippen molar-refractivity contribution >= 4 is 0 Å². The van der Waals surface area contributed by atoms with Crippen molar-refractivity contribution in [3.05, 3.63) is 35.4 Å². The first-order valence-electron chi connectivity index (χ1n) is 7.54. The second-order valence-corrected chi connectivity index (χ2v) is 5.70. The molecular formula is C17H24N2. The minimum atomic E-state index is 0.666. The van der Waals surface area contributed by atoms with Gasteiger partial charge >= 0.3 is 0 Å². The zero-order valence-electron chi connectivity index (χ0n) is 11.9. The molecule has 0 spiro atoms. The predicted octanol–water partition coefficient (Wildman–Crippen LogP) is 4.01. The molecule has 0 amide bonds. The molecule has 102 valence electrons. The number of rotatable bonds is 5. The lowest BCUT2D eigenvalue weighted by Crippen LogP contribution is -2.32. The lowest BCUT2D eigenvalue weighted by atomic mass is 9.83. The van der Waals surface area contributed by atoms with E-state index < -0.39 is 0 Å². The van der Waals surface area contributed by atoms with E-state index >= 15 is 0 Å². The van der Waals surface area contributed by atoms with Gasteiger partial charge in [-0.3, -0.25) is 0 Å². The van der Waals surface area contributed by atoms with Gasteiger partial charge in [0.2, 0.25) is 0 Å². The highest BCUT2D eigenvalue weighted by Gasteiger charge is 2.19. The summed E-state index contributed by atoms with van der Waals surface area (Å²) in [5.41, 5.74) is 1.97. The number of nitrogens with one attached hydrogen (secondary N) is 1. The summed E-state index contributed by atoms with van der Waals surface area (Å²) >= 11 is 0. The fourth-order valence-electron chi connectivity index (χ4n) is 3.08. The van der Waals surface area contributed by atoms with E-state index in [0.29, 0.717) is 6.04 Å². The summed E-state index contributed by atoms with van der Waals surface area (Å²) in [5.74, 6) is 0.963. The van der Waals surface area contributed by atoms with E-state index in [1.807, 2.05) is 18.2 Å². The second-order valence-electron chi connectivity index (χ2n) is 5.70. The van der Waals surface area contributed by atoms with Crippen molar-refractivity contribution in [2.24, 2.45) is 5.92 Å². The molecule has 1 aromatic rings. The van der Waals surface area contributed by atoms with Gasteiger partial charge in [0.15, 0.2) is 0 Å². The SMILES string of the molecule is CCCC1CCC(NCc2cccc(C#N)c2)CC1. The van der Waals surface area contributed by atoms with E-state index in [0.717, 1.165) is 18.0 Å². The first-order valence-corrected chi connectivity index (χ1v) is 7.54. The first kappa shape index (κ1) is 14.1. The molecule has 1 aliphatic carbocycles. The number of benzene rings is 1. The van der Waals surface area contributed by atoms with Crippen LogP contribution in [-0.2, 0) is 6.54 Å².